The van der Waals surface area contributed by atoms with Crippen LogP contribution in [0.2, 0.25) is 0 Å². The molecule has 0 saturated heterocycles. The number of nitrogens with zero attached hydrogens (tertiary/aromatic N) is 1. The van der Waals surface area contributed by atoms with Gasteiger partial charge in [-0.15, -0.1) is 0 Å². The summed E-state index contributed by atoms with van der Waals surface area (Å²) in [5, 5.41) is 2.70. The molecule has 0 saturated carbocycles. The molecule has 0 radical (unpaired) electrons. The molecular weight excluding hydrogens is 364 g/mol. The van der Waals surface area contributed by atoms with Gasteiger partial charge in [0.15, 0.2) is 11.5 Å². The molecule has 2 aromatic carbocycles. The van der Waals surface area contributed by atoms with Crippen molar-refractivity contribution in [2.24, 2.45) is 0 Å². The summed E-state index contributed by atoms with van der Waals surface area (Å²) in [4.78, 5) is 37.9. The smallest absolute Gasteiger partial charge is 0.262 e. The van der Waals surface area contributed by atoms with E-state index in [1.165, 1.54) is 21.3 Å². The molecule has 28 heavy (non-hydrogen) atoms. The maximum Gasteiger partial charge on any atom is 0.262 e. The van der Waals surface area contributed by atoms with Crippen LogP contribution >= 0.6 is 0 Å². The van der Waals surface area contributed by atoms with Crippen LogP contribution in [0.3, 0.4) is 0 Å². The first-order valence-electron chi connectivity index (χ1n) is 8.51. The number of rotatable bonds is 7. The molecule has 0 aromatic heterocycles. The molecule has 8 nitrogen and oxygen atoms in total. The highest BCUT2D eigenvalue weighted by Gasteiger charge is 2.36. The normalized spacial score (nSPS) is 12.6. The van der Waals surface area contributed by atoms with Crippen LogP contribution in [0.25, 0.3) is 0 Å². The Morgan fingerprint density at radius 3 is 1.93 bits per heavy atom. The first-order valence-corrected chi connectivity index (χ1v) is 8.51. The van der Waals surface area contributed by atoms with Gasteiger partial charge in [-0.1, -0.05) is 12.1 Å². The fourth-order valence-corrected chi connectivity index (χ4v) is 3.02. The lowest BCUT2D eigenvalue weighted by molar-refractivity contribution is -0.121. The lowest BCUT2D eigenvalue weighted by Gasteiger charge is -2.16. The molecule has 0 spiro atoms. The summed E-state index contributed by atoms with van der Waals surface area (Å²) in [6.07, 6.45) is 0. The highest BCUT2D eigenvalue weighted by atomic mass is 16.5. The maximum absolute atomic E-state index is 12.3. The molecule has 3 rings (SSSR count). The minimum atomic E-state index is -0.469. The Morgan fingerprint density at radius 1 is 0.929 bits per heavy atom. The Hall–Kier alpha value is -3.55. The van der Waals surface area contributed by atoms with E-state index < -0.39 is 17.7 Å². The highest BCUT2D eigenvalue weighted by molar-refractivity contribution is 6.22. The molecule has 3 amide bonds. The first-order chi connectivity index (χ1) is 13.5. The van der Waals surface area contributed by atoms with Gasteiger partial charge in [0.05, 0.1) is 32.5 Å². The van der Waals surface area contributed by atoms with Crippen LogP contribution < -0.4 is 19.5 Å². The summed E-state index contributed by atoms with van der Waals surface area (Å²) in [7, 11) is 4.51. The van der Waals surface area contributed by atoms with Gasteiger partial charge in [-0.3, -0.25) is 19.3 Å². The van der Waals surface area contributed by atoms with Crippen LogP contribution in [0.1, 0.15) is 26.3 Å². The summed E-state index contributed by atoms with van der Waals surface area (Å²) < 4.78 is 15.8. The minimum Gasteiger partial charge on any atom is -0.493 e. The fraction of sp³-hybridized carbons (Fsp3) is 0.250. The lowest BCUT2D eigenvalue weighted by Crippen LogP contribution is -2.40. The second-order valence-corrected chi connectivity index (χ2v) is 6.05. The van der Waals surface area contributed by atoms with Gasteiger partial charge in [0.25, 0.3) is 11.8 Å². The summed E-state index contributed by atoms with van der Waals surface area (Å²) in [5.41, 5.74) is 1.33. The predicted octanol–water partition coefficient (Wildman–Crippen LogP) is 1.62. The topological polar surface area (TPSA) is 94.2 Å². The van der Waals surface area contributed by atoms with Crippen molar-refractivity contribution in [3.8, 4) is 17.2 Å². The number of imide groups is 1. The number of hydrogen-bond donors (Lipinski definition) is 1. The van der Waals surface area contributed by atoms with Gasteiger partial charge in [-0.25, -0.2) is 0 Å². The van der Waals surface area contributed by atoms with Crippen molar-refractivity contribution in [2.45, 2.75) is 6.54 Å². The summed E-state index contributed by atoms with van der Waals surface area (Å²) in [6, 6.07) is 9.93. The molecular formula is C20H20N2O6. The van der Waals surface area contributed by atoms with Crippen molar-refractivity contribution < 1.29 is 28.6 Å². The molecule has 146 valence electrons. The molecule has 0 fully saturated rings. The Labute approximate surface area is 162 Å². The number of nitrogens with one attached hydrogen (secondary N) is 1. The molecule has 1 N–H and O–H groups in total. The zero-order valence-corrected chi connectivity index (χ0v) is 15.8. The van der Waals surface area contributed by atoms with E-state index in [9.17, 15) is 14.4 Å². The molecule has 1 aliphatic heterocycles. The Morgan fingerprint density at radius 2 is 1.46 bits per heavy atom. The summed E-state index contributed by atoms with van der Waals surface area (Å²) in [6.45, 7) is -0.185. The van der Waals surface area contributed by atoms with Crippen LogP contribution in [0, 0.1) is 0 Å². The Bertz CT molecular complexity index is 880. The van der Waals surface area contributed by atoms with E-state index in [-0.39, 0.29) is 13.1 Å². The highest BCUT2D eigenvalue weighted by Crippen LogP contribution is 2.38. The van der Waals surface area contributed by atoms with Gasteiger partial charge in [-0.2, -0.15) is 0 Å². The van der Waals surface area contributed by atoms with Crippen molar-refractivity contribution in [3.05, 3.63) is 53.1 Å². The number of amides is 3. The molecule has 0 bridgehead atoms. The molecule has 1 aliphatic rings. The second-order valence-electron chi connectivity index (χ2n) is 6.05. The fourth-order valence-electron chi connectivity index (χ4n) is 3.02. The van der Waals surface area contributed by atoms with Gasteiger partial charge >= 0.3 is 0 Å². The van der Waals surface area contributed by atoms with E-state index in [1.54, 1.807) is 36.4 Å². The molecule has 8 heteroatoms. The second kappa shape index (κ2) is 7.99. The van der Waals surface area contributed by atoms with Crippen LogP contribution in [0.15, 0.2) is 36.4 Å². The van der Waals surface area contributed by atoms with E-state index in [1.807, 2.05) is 0 Å². The van der Waals surface area contributed by atoms with Crippen molar-refractivity contribution in [1.82, 2.24) is 10.2 Å². The van der Waals surface area contributed by atoms with Gasteiger partial charge < -0.3 is 19.5 Å². The van der Waals surface area contributed by atoms with Gasteiger partial charge in [0.2, 0.25) is 11.7 Å². The van der Waals surface area contributed by atoms with Crippen LogP contribution in [0.4, 0.5) is 0 Å². The van der Waals surface area contributed by atoms with E-state index >= 15 is 0 Å². The average molecular weight is 384 g/mol. The van der Waals surface area contributed by atoms with E-state index in [0.717, 1.165) is 4.90 Å². The largest absolute Gasteiger partial charge is 0.493 e. The molecule has 2 aromatic rings. The average Bonchev–Trinajstić information content (AvgIpc) is 2.96. The third kappa shape index (κ3) is 3.48. The first kappa shape index (κ1) is 19.2. The van der Waals surface area contributed by atoms with Crippen molar-refractivity contribution in [3.63, 3.8) is 0 Å². The van der Waals surface area contributed by atoms with E-state index in [0.29, 0.717) is 33.9 Å². The van der Waals surface area contributed by atoms with Crippen LogP contribution in [-0.2, 0) is 11.3 Å². The number of fused-ring (bicyclic) bond motifs is 1. The molecule has 0 atom stereocenters. The minimum absolute atomic E-state index is 0.165. The predicted molar refractivity (Wildman–Crippen MR) is 99.8 cm³/mol. The quantitative estimate of drug-likeness (QED) is 0.729. The standard InChI is InChI=1S/C20H20N2O6/c1-26-15-8-12(9-16(27-2)18(15)28-3)10-21-17(23)11-22-19(24)13-6-4-5-7-14(13)20(22)25/h4-9H,10-11H2,1-3H3,(H,21,23). The lowest BCUT2D eigenvalue weighted by atomic mass is 10.1. The monoisotopic (exact) mass is 384 g/mol. The number of benzene rings is 2. The third-order valence-electron chi connectivity index (χ3n) is 4.39. The number of carbonyl (C=O) groups is 3. The van der Waals surface area contributed by atoms with Crippen LogP contribution in [0.5, 0.6) is 17.2 Å². The number of ether oxygens (including phenoxy) is 3. The van der Waals surface area contributed by atoms with Gasteiger partial charge in [0, 0.05) is 6.54 Å². The zero-order valence-electron chi connectivity index (χ0n) is 15.8. The zero-order chi connectivity index (χ0) is 20.3. The van der Waals surface area contributed by atoms with Crippen molar-refractivity contribution >= 4 is 17.7 Å². The SMILES string of the molecule is COc1cc(CNC(=O)CN2C(=O)c3ccccc3C2=O)cc(OC)c1OC. The molecule has 1 heterocycles. The number of hydrogen-bond acceptors (Lipinski definition) is 6. The van der Waals surface area contributed by atoms with Crippen LogP contribution in [-0.4, -0.2) is 50.5 Å². The third-order valence-corrected chi connectivity index (χ3v) is 4.39. The van der Waals surface area contributed by atoms with E-state index in [4.69, 9.17) is 14.2 Å². The Kier molecular flexibility index (Phi) is 5.49. The summed E-state index contributed by atoms with van der Waals surface area (Å²) in [5.74, 6) is -0.0145. The summed E-state index contributed by atoms with van der Waals surface area (Å²) >= 11 is 0. The molecule has 0 aliphatic carbocycles. The molecule has 0 unspecified atom stereocenters. The Balaban J connectivity index is 1.67. The van der Waals surface area contributed by atoms with Gasteiger partial charge in [-0.05, 0) is 29.8 Å². The van der Waals surface area contributed by atoms with Crippen molar-refractivity contribution in [1.29, 1.82) is 0 Å². The van der Waals surface area contributed by atoms with Crippen molar-refractivity contribution in [2.75, 3.05) is 27.9 Å². The maximum atomic E-state index is 12.3. The number of carbonyl (C=O) groups excluding carboxylic acids is 3. The van der Waals surface area contributed by atoms with Gasteiger partial charge in [0.1, 0.15) is 6.54 Å². The number of methoxy groups -OCH3 is 3. The van der Waals surface area contributed by atoms with E-state index in [2.05, 4.69) is 5.32 Å².